The Balaban J connectivity index is 2.59. The molecule has 6 nitrogen and oxygen atoms in total. The number of H-pyrrole nitrogens is 1. The van der Waals surface area contributed by atoms with E-state index in [1.165, 1.54) is 17.9 Å². The number of esters is 1. The molecule has 0 saturated heterocycles. The van der Waals surface area contributed by atoms with Crippen LogP contribution in [-0.4, -0.2) is 22.6 Å². The highest BCUT2D eigenvalue weighted by Crippen LogP contribution is 2.22. The summed E-state index contributed by atoms with van der Waals surface area (Å²) in [6, 6.07) is -0.653. The average Bonchev–Trinajstić information content (AvgIpc) is 2.67. The van der Waals surface area contributed by atoms with Gasteiger partial charge in [-0.05, 0) is 12.8 Å². The lowest BCUT2D eigenvalue weighted by atomic mass is 10.2. The van der Waals surface area contributed by atoms with E-state index in [1.807, 2.05) is 0 Å². The molecule has 1 N–H and O–H groups in total. The number of carbonyl (C=O) groups excluding carboxylic acids is 1. The van der Waals surface area contributed by atoms with Crippen molar-refractivity contribution >= 4 is 5.97 Å². The molecule has 1 atom stereocenters. The molecule has 1 aromatic rings. The lowest BCUT2D eigenvalue weighted by Crippen LogP contribution is -2.39. The quantitative estimate of drug-likeness (QED) is 0.486. The zero-order valence-electron chi connectivity index (χ0n) is 8.15. The second-order valence-corrected chi connectivity index (χ2v) is 3.36. The average molecular weight is 210 g/mol. The van der Waals surface area contributed by atoms with Crippen molar-refractivity contribution in [1.82, 2.24) is 9.55 Å². The fourth-order valence-electron chi connectivity index (χ4n) is 1.83. The summed E-state index contributed by atoms with van der Waals surface area (Å²) in [5.74, 6) is -0.485. The summed E-state index contributed by atoms with van der Waals surface area (Å²) in [7, 11) is 1.26. The Morgan fingerprint density at radius 1 is 1.60 bits per heavy atom. The van der Waals surface area contributed by atoms with Crippen LogP contribution in [0.25, 0.3) is 0 Å². The predicted molar refractivity (Wildman–Crippen MR) is 50.7 cm³/mol. The van der Waals surface area contributed by atoms with Gasteiger partial charge in [-0.15, -0.1) is 0 Å². The number of aryl methyl sites for hydroxylation is 1. The standard InChI is InChI=1S/C9H10N2O4/c1-15-9(14)6-3-2-5-4-10-7(12)8(13)11(5)6/h4,6H,2-3H2,1H3,(H,10,12). The molecule has 1 aliphatic rings. The van der Waals surface area contributed by atoms with Gasteiger partial charge in [0.25, 0.3) is 0 Å². The van der Waals surface area contributed by atoms with Gasteiger partial charge in [0, 0.05) is 11.9 Å². The summed E-state index contributed by atoms with van der Waals surface area (Å²) in [5.41, 5.74) is -0.745. The molecule has 0 saturated carbocycles. The number of hydrogen-bond acceptors (Lipinski definition) is 4. The molecule has 0 spiro atoms. The van der Waals surface area contributed by atoms with Crippen molar-refractivity contribution in [2.75, 3.05) is 7.11 Å². The summed E-state index contributed by atoms with van der Waals surface area (Å²) < 4.78 is 5.79. The zero-order chi connectivity index (χ0) is 11.0. The van der Waals surface area contributed by atoms with Crippen molar-refractivity contribution in [2.24, 2.45) is 0 Å². The third kappa shape index (κ3) is 1.38. The minimum Gasteiger partial charge on any atom is -0.467 e. The van der Waals surface area contributed by atoms with E-state index >= 15 is 0 Å². The summed E-state index contributed by atoms with van der Waals surface area (Å²) in [4.78, 5) is 36.3. The third-order valence-corrected chi connectivity index (χ3v) is 2.55. The van der Waals surface area contributed by atoms with E-state index in [2.05, 4.69) is 9.72 Å². The Hall–Kier alpha value is -1.85. The van der Waals surface area contributed by atoms with E-state index in [-0.39, 0.29) is 0 Å². The number of nitrogens with zero attached hydrogens (tertiary/aromatic N) is 1. The van der Waals surface area contributed by atoms with E-state index in [9.17, 15) is 14.4 Å². The molecule has 80 valence electrons. The maximum Gasteiger partial charge on any atom is 0.328 e. The number of fused-ring (bicyclic) bond motifs is 1. The topological polar surface area (TPSA) is 81.2 Å². The van der Waals surface area contributed by atoms with Crippen LogP contribution >= 0.6 is 0 Å². The van der Waals surface area contributed by atoms with Crippen molar-refractivity contribution < 1.29 is 9.53 Å². The van der Waals surface area contributed by atoms with Crippen LogP contribution in [0.4, 0.5) is 0 Å². The molecule has 1 aliphatic heterocycles. The van der Waals surface area contributed by atoms with Crippen LogP contribution in [0.1, 0.15) is 18.2 Å². The number of hydrogen-bond donors (Lipinski definition) is 1. The summed E-state index contributed by atoms with van der Waals surface area (Å²) in [6.07, 6.45) is 2.55. The molecule has 6 heteroatoms. The molecule has 2 rings (SSSR count). The number of methoxy groups -OCH3 is 1. The summed E-state index contributed by atoms with van der Waals surface area (Å²) >= 11 is 0. The molecule has 0 fully saturated rings. The lowest BCUT2D eigenvalue weighted by molar-refractivity contribution is -0.144. The first-order valence-corrected chi connectivity index (χ1v) is 4.56. The van der Waals surface area contributed by atoms with Crippen molar-refractivity contribution in [3.05, 3.63) is 32.6 Å². The van der Waals surface area contributed by atoms with Gasteiger partial charge in [0.1, 0.15) is 6.04 Å². The summed E-state index contributed by atoms with van der Waals surface area (Å²) in [5, 5.41) is 0. The van der Waals surface area contributed by atoms with Crippen LogP contribution in [0.2, 0.25) is 0 Å². The molecule has 2 heterocycles. The Kier molecular flexibility index (Phi) is 2.18. The molecule has 1 aromatic heterocycles. The molecule has 1 unspecified atom stereocenters. The largest absolute Gasteiger partial charge is 0.467 e. The van der Waals surface area contributed by atoms with Crippen molar-refractivity contribution in [2.45, 2.75) is 18.9 Å². The number of aromatic nitrogens is 2. The highest BCUT2D eigenvalue weighted by atomic mass is 16.5. The highest BCUT2D eigenvalue weighted by molar-refractivity contribution is 5.74. The second kappa shape index (κ2) is 3.38. The number of rotatable bonds is 1. The molecule has 0 amide bonds. The first-order valence-electron chi connectivity index (χ1n) is 4.56. The first kappa shape index (κ1) is 9.70. The Bertz CT molecular complexity index is 514. The van der Waals surface area contributed by atoms with Gasteiger partial charge in [-0.2, -0.15) is 0 Å². The minimum absolute atomic E-state index is 0.485. The zero-order valence-corrected chi connectivity index (χ0v) is 8.15. The smallest absolute Gasteiger partial charge is 0.328 e. The number of carbonyl (C=O) groups is 1. The summed E-state index contributed by atoms with van der Waals surface area (Å²) in [6.45, 7) is 0. The Labute approximate surface area is 84.5 Å². The van der Waals surface area contributed by atoms with Crippen LogP contribution in [0.5, 0.6) is 0 Å². The number of nitrogens with one attached hydrogen (secondary N) is 1. The van der Waals surface area contributed by atoms with Crippen molar-refractivity contribution in [3.63, 3.8) is 0 Å². The van der Waals surface area contributed by atoms with E-state index in [0.717, 1.165) is 0 Å². The molecule has 0 aromatic carbocycles. The molecular weight excluding hydrogens is 200 g/mol. The SMILES string of the molecule is COC(=O)C1CCc2c[nH]c(=O)c(=O)n21. The molecular formula is C9H10N2O4. The maximum atomic E-state index is 11.5. The van der Waals surface area contributed by atoms with Crippen LogP contribution in [0.15, 0.2) is 15.8 Å². The van der Waals surface area contributed by atoms with E-state index < -0.39 is 23.1 Å². The number of aromatic amines is 1. The van der Waals surface area contributed by atoms with E-state index in [0.29, 0.717) is 18.5 Å². The van der Waals surface area contributed by atoms with Crippen LogP contribution in [0, 0.1) is 0 Å². The minimum atomic E-state index is -0.713. The molecule has 0 aliphatic carbocycles. The fourth-order valence-corrected chi connectivity index (χ4v) is 1.83. The van der Waals surface area contributed by atoms with Crippen LogP contribution in [-0.2, 0) is 16.0 Å². The first-order chi connectivity index (χ1) is 7.15. The van der Waals surface area contributed by atoms with Gasteiger partial charge >= 0.3 is 17.1 Å². The normalized spacial score (nSPS) is 18.6. The Morgan fingerprint density at radius 2 is 2.33 bits per heavy atom. The monoisotopic (exact) mass is 210 g/mol. The fraction of sp³-hybridized carbons (Fsp3) is 0.444. The van der Waals surface area contributed by atoms with Crippen molar-refractivity contribution in [3.8, 4) is 0 Å². The van der Waals surface area contributed by atoms with E-state index in [1.54, 1.807) is 0 Å². The van der Waals surface area contributed by atoms with Crippen LogP contribution in [0.3, 0.4) is 0 Å². The van der Waals surface area contributed by atoms with E-state index in [4.69, 9.17) is 0 Å². The third-order valence-electron chi connectivity index (χ3n) is 2.55. The van der Waals surface area contributed by atoms with Gasteiger partial charge in [0.15, 0.2) is 0 Å². The maximum absolute atomic E-state index is 11.5. The molecule has 0 radical (unpaired) electrons. The predicted octanol–water partition coefficient (Wildman–Crippen LogP) is -0.803. The van der Waals surface area contributed by atoms with Gasteiger partial charge in [-0.1, -0.05) is 0 Å². The van der Waals surface area contributed by atoms with Crippen molar-refractivity contribution in [1.29, 1.82) is 0 Å². The highest BCUT2D eigenvalue weighted by Gasteiger charge is 2.30. The van der Waals surface area contributed by atoms with Gasteiger partial charge in [-0.3, -0.25) is 14.2 Å². The lowest BCUT2D eigenvalue weighted by Gasteiger charge is -2.10. The van der Waals surface area contributed by atoms with Gasteiger partial charge in [0.05, 0.1) is 7.11 Å². The molecule has 0 bridgehead atoms. The Morgan fingerprint density at radius 3 is 3.00 bits per heavy atom. The van der Waals surface area contributed by atoms with Crippen LogP contribution < -0.4 is 11.1 Å². The van der Waals surface area contributed by atoms with Gasteiger partial charge < -0.3 is 9.72 Å². The molecule has 15 heavy (non-hydrogen) atoms. The number of ether oxygens (including phenoxy) is 1. The van der Waals surface area contributed by atoms with Gasteiger partial charge in [-0.25, -0.2) is 4.79 Å². The van der Waals surface area contributed by atoms with Gasteiger partial charge in [0.2, 0.25) is 0 Å². The second-order valence-electron chi connectivity index (χ2n) is 3.36.